The molecule has 0 aliphatic rings. The number of nitrogens with zero attached hydrogens (tertiary/aromatic N) is 1. The number of anilines is 1. The average Bonchev–Trinajstić information content (AvgIpc) is 2.17. The zero-order valence-electron chi connectivity index (χ0n) is 7.38. The number of hydrogen-bond acceptors (Lipinski definition) is 3. The molecule has 0 atom stereocenters. The summed E-state index contributed by atoms with van der Waals surface area (Å²) in [4.78, 5) is 14.1. The van der Waals surface area contributed by atoms with Gasteiger partial charge < -0.3 is 5.32 Å². The summed E-state index contributed by atoms with van der Waals surface area (Å²) >= 11 is 3.67. The number of aromatic nitrogens is 1. The Hall–Kier alpha value is -1.24. The molecule has 0 saturated heterocycles. The summed E-state index contributed by atoms with van der Waals surface area (Å²) in [6.45, 7) is 0. The third kappa shape index (κ3) is 3.43. The maximum atomic E-state index is 12.2. The number of halogens is 3. The fourth-order valence-corrected chi connectivity index (χ4v) is 0.924. The highest BCUT2D eigenvalue weighted by atomic mass is 32.1. The minimum Gasteiger partial charge on any atom is -0.310 e. The van der Waals surface area contributed by atoms with Crippen LogP contribution in [0.2, 0.25) is 0 Å². The molecule has 0 unspecified atom stereocenters. The highest BCUT2D eigenvalue weighted by molar-refractivity contribution is 7.81. The molecule has 0 radical (unpaired) electrons. The lowest BCUT2D eigenvalue weighted by Gasteiger charge is -2.07. The van der Waals surface area contributed by atoms with Crippen molar-refractivity contribution in [1.29, 1.82) is 0 Å². The lowest BCUT2D eigenvalue weighted by atomic mass is 10.3. The summed E-state index contributed by atoms with van der Waals surface area (Å²) in [6, 6.07) is 3.27. The maximum Gasteiger partial charge on any atom is 0.433 e. The molecule has 1 aromatic rings. The van der Waals surface area contributed by atoms with Crippen molar-refractivity contribution in [2.45, 2.75) is 6.18 Å². The van der Waals surface area contributed by atoms with Crippen LogP contribution in [-0.4, -0.2) is 16.6 Å². The van der Waals surface area contributed by atoms with Crippen molar-refractivity contribution < 1.29 is 18.0 Å². The molecule has 0 fully saturated rings. The Balaban J connectivity index is 2.88. The van der Waals surface area contributed by atoms with Crippen LogP contribution in [0, 0.1) is 0 Å². The van der Waals surface area contributed by atoms with E-state index in [1.54, 1.807) is 0 Å². The van der Waals surface area contributed by atoms with Crippen molar-refractivity contribution in [3.63, 3.8) is 0 Å². The second kappa shape index (κ2) is 4.52. The SMILES string of the molecule is O=C(CS)Nc1cccc(C(F)(F)F)n1. The molecule has 0 spiro atoms. The molecular weight excluding hydrogens is 229 g/mol. The topological polar surface area (TPSA) is 42.0 Å². The molecule has 1 heterocycles. The first-order valence-corrected chi connectivity index (χ1v) is 4.51. The van der Waals surface area contributed by atoms with Gasteiger partial charge in [-0.1, -0.05) is 6.07 Å². The number of pyridine rings is 1. The zero-order valence-corrected chi connectivity index (χ0v) is 8.27. The number of amides is 1. The van der Waals surface area contributed by atoms with Crippen molar-refractivity contribution >= 4 is 24.4 Å². The van der Waals surface area contributed by atoms with Crippen LogP contribution in [0.25, 0.3) is 0 Å². The summed E-state index contributed by atoms with van der Waals surface area (Å²) in [6.07, 6.45) is -4.51. The molecule has 0 saturated carbocycles. The van der Waals surface area contributed by atoms with Gasteiger partial charge in [0.15, 0.2) is 0 Å². The summed E-state index contributed by atoms with van der Waals surface area (Å²) in [5.41, 5.74) is -1.04. The Morgan fingerprint density at radius 2 is 2.13 bits per heavy atom. The molecule has 1 amide bonds. The Morgan fingerprint density at radius 3 is 2.67 bits per heavy atom. The minimum atomic E-state index is -4.51. The third-order valence-corrected chi connectivity index (χ3v) is 1.74. The van der Waals surface area contributed by atoms with Gasteiger partial charge in [0.2, 0.25) is 5.91 Å². The first-order chi connectivity index (χ1) is 6.93. The number of rotatable bonds is 2. The fourth-order valence-electron chi connectivity index (χ4n) is 0.845. The molecule has 1 N–H and O–H groups in total. The van der Waals surface area contributed by atoms with Gasteiger partial charge in [-0.2, -0.15) is 25.8 Å². The Labute approximate surface area is 89.1 Å². The molecule has 0 bridgehead atoms. The molecule has 3 nitrogen and oxygen atoms in total. The van der Waals surface area contributed by atoms with Crippen LogP contribution >= 0.6 is 12.6 Å². The predicted molar refractivity (Wildman–Crippen MR) is 51.7 cm³/mol. The third-order valence-electron chi connectivity index (χ3n) is 1.45. The smallest absolute Gasteiger partial charge is 0.310 e. The molecular formula is C8H7F3N2OS. The van der Waals surface area contributed by atoms with E-state index in [1.807, 2.05) is 0 Å². The van der Waals surface area contributed by atoms with Gasteiger partial charge in [0, 0.05) is 0 Å². The van der Waals surface area contributed by atoms with E-state index in [9.17, 15) is 18.0 Å². The van der Waals surface area contributed by atoms with Gasteiger partial charge in [0.1, 0.15) is 11.5 Å². The molecule has 82 valence electrons. The highest BCUT2D eigenvalue weighted by Gasteiger charge is 2.32. The van der Waals surface area contributed by atoms with Crippen LogP contribution in [0.5, 0.6) is 0 Å². The van der Waals surface area contributed by atoms with Crippen molar-refractivity contribution in [3.8, 4) is 0 Å². The van der Waals surface area contributed by atoms with Crippen molar-refractivity contribution in [3.05, 3.63) is 23.9 Å². The van der Waals surface area contributed by atoms with Crippen molar-refractivity contribution in [2.75, 3.05) is 11.1 Å². The number of hydrogen-bond donors (Lipinski definition) is 2. The van der Waals surface area contributed by atoms with E-state index in [0.29, 0.717) is 0 Å². The monoisotopic (exact) mass is 236 g/mol. The van der Waals surface area contributed by atoms with Crippen LogP contribution in [-0.2, 0) is 11.0 Å². The van der Waals surface area contributed by atoms with Crippen LogP contribution in [0.1, 0.15) is 5.69 Å². The molecule has 0 aromatic carbocycles. The lowest BCUT2D eigenvalue weighted by molar-refractivity contribution is -0.141. The first kappa shape index (κ1) is 11.8. The Kier molecular flexibility index (Phi) is 3.57. The average molecular weight is 236 g/mol. The van der Waals surface area contributed by atoms with Crippen LogP contribution < -0.4 is 5.32 Å². The van der Waals surface area contributed by atoms with Crippen LogP contribution in [0.15, 0.2) is 18.2 Å². The number of carbonyl (C=O) groups excluding carboxylic acids is 1. The van der Waals surface area contributed by atoms with Crippen molar-refractivity contribution in [2.24, 2.45) is 0 Å². The van der Waals surface area contributed by atoms with E-state index in [1.165, 1.54) is 12.1 Å². The Morgan fingerprint density at radius 1 is 1.47 bits per heavy atom. The van der Waals surface area contributed by atoms with E-state index < -0.39 is 17.8 Å². The fraction of sp³-hybridized carbons (Fsp3) is 0.250. The number of carbonyl (C=O) groups is 1. The quantitative estimate of drug-likeness (QED) is 0.771. The summed E-state index contributed by atoms with van der Waals surface area (Å²) in [7, 11) is 0. The Bertz CT molecular complexity index is 367. The summed E-state index contributed by atoms with van der Waals surface area (Å²) < 4.78 is 36.6. The van der Waals surface area contributed by atoms with Gasteiger partial charge in [-0.3, -0.25) is 4.79 Å². The van der Waals surface area contributed by atoms with Gasteiger partial charge in [-0.25, -0.2) is 4.98 Å². The molecule has 15 heavy (non-hydrogen) atoms. The number of nitrogens with one attached hydrogen (secondary N) is 1. The van der Waals surface area contributed by atoms with Gasteiger partial charge in [0.05, 0.1) is 5.75 Å². The molecule has 1 aromatic heterocycles. The minimum absolute atomic E-state index is 0.113. The van der Waals surface area contributed by atoms with E-state index in [-0.39, 0.29) is 11.6 Å². The molecule has 0 aliphatic heterocycles. The van der Waals surface area contributed by atoms with Gasteiger partial charge in [-0.05, 0) is 12.1 Å². The molecule has 7 heteroatoms. The largest absolute Gasteiger partial charge is 0.433 e. The van der Waals surface area contributed by atoms with Gasteiger partial charge in [-0.15, -0.1) is 0 Å². The second-order valence-corrected chi connectivity index (χ2v) is 2.93. The van der Waals surface area contributed by atoms with Crippen LogP contribution in [0.4, 0.5) is 19.0 Å². The summed E-state index contributed by atoms with van der Waals surface area (Å²) in [5, 5.41) is 2.18. The maximum absolute atomic E-state index is 12.2. The first-order valence-electron chi connectivity index (χ1n) is 3.88. The predicted octanol–water partition coefficient (Wildman–Crippen LogP) is 1.97. The zero-order chi connectivity index (χ0) is 11.5. The van der Waals surface area contributed by atoms with E-state index in [0.717, 1.165) is 6.07 Å². The van der Waals surface area contributed by atoms with Gasteiger partial charge in [0.25, 0.3) is 0 Å². The number of alkyl halides is 3. The van der Waals surface area contributed by atoms with Crippen LogP contribution in [0.3, 0.4) is 0 Å². The van der Waals surface area contributed by atoms with E-state index >= 15 is 0 Å². The second-order valence-electron chi connectivity index (χ2n) is 2.61. The van der Waals surface area contributed by atoms with Gasteiger partial charge >= 0.3 is 6.18 Å². The van der Waals surface area contributed by atoms with E-state index in [2.05, 4.69) is 22.9 Å². The number of thiol groups is 1. The normalized spacial score (nSPS) is 11.2. The summed E-state index contributed by atoms with van der Waals surface area (Å²) in [5.74, 6) is -0.758. The molecule has 1 rings (SSSR count). The van der Waals surface area contributed by atoms with E-state index in [4.69, 9.17) is 0 Å². The van der Waals surface area contributed by atoms with Crippen molar-refractivity contribution in [1.82, 2.24) is 4.98 Å². The highest BCUT2D eigenvalue weighted by Crippen LogP contribution is 2.28. The lowest BCUT2D eigenvalue weighted by Crippen LogP contribution is -2.16. The standard InChI is InChI=1S/C8H7F3N2OS/c9-8(10,11)5-2-1-3-6(12-5)13-7(14)4-15/h1-3,15H,4H2,(H,12,13,14). The molecule has 0 aliphatic carbocycles.